The van der Waals surface area contributed by atoms with Gasteiger partial charge in [-0.3, -0.25) is 9.10 Å². The first-order chi connectivity index (χ1) is 14.1. The maximum Gasteiger partial charge on any atom is 0.417 e. The van der Waals surface area contributed by atoms with Crippen LogP contribution in [0, 0.1) is 20.8 Å². The zero-order chi connectivity index (χ0) is 23.7. The summed E-state index contributed by atoms with van der Waals surface area (Å²) in [5.41, 5.74) is 2.49. The van der Waals surface area contributed by atoms with Crippen molar-refractivity contribution in [1.29, 1.82) is 0 Å². The smallest absolute Gasteiger partial charge is 0.348 e. The Balaban J connectivity index is 2.30. The number of nitrogens with zero attached hydrogens (tertiary/aromatic N) is 1. The number of carbonyl (C=O) groups is 1. The third kappa shape index (κ3) is 6.13. The standard InChI is InChI=1S/C21H24ClF3N2O3S/c1-12-8-14(3)17(9-13(12)2)15(4)26-20(28)11-27(31(5,29)30)16-6-7-19(22)18(10-16)21(23,24)25/h6-10,15H,11H2,1-5H3,(H,26,28)/t15-/m1/s1. The second-order valence-electron chi connectivity index (χ2n) is 7.51. The van der Waals surface area contributed by atoms with Crippen LogP contribution in [0.1, 0.15) is 40.8 Å². The summed E-state index contributed by atoms with van der Waals surface area (Å²) in [6, 6.07) is 6.21. The topological polar surface area (TPSA) is 66.5 Å². The average Bonchev–Trinajstić information content (AvgIpc) is 2.61. The third-order valence-electron chi connectivity index (χ3n) is 4.96. The largest absolute Gasteiger partial charge is 0.417 e. The highest BCUT2D eigenvalue weighted by Gasteiger charge is 2.34. The van der Waals surface area contributed by atoms with E-state index >= 15 is 0 Å². The van der Waals surface area contributed by atoms with Gasteiger partial charge in [-0.15, -0.1) is 0 Å². The molecule has 2 aromatic rings. The fraction of sp³-hybridized carbons (Fsp3) is 0.381. The Morgan fingerprint density at radius 3 is 2.23 bits per heavy atom. The summed E-state index contributed by atoms with van der Waals surface area (Å²) >= 11 is 5.61. The van der Waals surface area contributed by atoms with E-state index in [1.54, 1.807) is 6.92 Å². The van der Waals surface area contributed by atoms with Gasteiger partial charge in [-0.1, -0.05) is 23.7 Å². The minimum atomic E-state index is -4.77. The van der Waals surface area contributed by atoms with Crippen LogP contribution < -0.4 is 9.62 Å². The van der Waals surface area contributed by atoms with Gasteiger partial charge in [0, 0.05) is 0 Å². The number of amides is 1. The molecule has 0 unspecified atom stereocenters. The van der Waals surface area contributed by atoms with Crippen LogP contribution in [-0.2, 0) is 21.0 Å². The molecule has 0 saturated carbocycles. The van der Waals surface area contributed by atoms with Gasteiger partial charge in [0.25, 0.3) is 0 Å². The number of hydrogen-bond donors (Lipinski definition) is 1. The van der Waals surface area contributed by atoms with Crippen molar-refractivity contribution < 1.29 is 26.4 Å². The Kier molecular flexibility index (Phi) is 7.32. The number of benzene rings is 2. The Labute approximate surface area is 185 Å². The summed E-state index contributed by atoms with van der Waals surface area (Å²) < 4.78 is 64.6. The van der Waals surface area contributed by atoms with Crippen LogP contribution in [0.2, 0.25) is 5.02 Å². The molecular weight excluding hydrogens is 453 g/mol. The van der Waals surface area contributed by atoms with Crippen molar-refractivity contribution in [2.75, 3.05) is 17.1 Å². The number of halogens is 4. The van der Waals surface area contributed by atoms with Crippen molar-refractivity contribution in [2.45, 2.75) is 39.9 Å². The van der Waals surface area contributed by atoms with E-state index in [-0.39, 0.29) is 5.69 Å². The number of nitrogens with one attached hydrogen (secondary N) is 1. The molecule has 0 saturated heterocycles. The highest BCUT2D eigenvalue weighted by Crippen LogP contribution is 2.37. The third-order valence-corrected chi connectivity index (χ3v) is 6.43. The highest BCUT2D eigenvalue weighted by molar-refractivity contribution is 7.92. The van der Waals surface area contributed by atoms with Gasteiger partial charge in [0.1, 0.15) is 6.54 Å². The van der Waals surface area contributed by atoms with Gasteiger partial charge in [-0.05, 0) is 68.1 Å². The quantitative estimate of drug-likeness (QED) is 0.643. The van der Waals surface area contributed by atoms with Crippen molar-refractivity contribution in [3.63, 3.8) is 0 Å². The molecule has 31 heavy (non-hydrogen) atoms. The van der Waals surface area contributed by atoms with E-state index in [4.69, 9.17) is 11.6 Å². The van der Waals surface area contributed by atoms with Gasteiger partial charge >= 0.3 is 6.18 Å². The number of sulfonamides is 1. The first-order valence-corrected chi connectivity index (χ1v) is 11.6. The minimum absolute atomic E-state index is 0.301. The van der Waals surface area contributed by atoms with E-state index in [0.717, 1.165) is 40.6 Å². The zero-order valence-corrected chi connectivity index (χ0v) is 19.3. The summed E-state index contributed by atoms with van der Waals surface area (Å²) in [5.74, 6) is -0.654. The number of rotatable bonds is 6. The molecule has 170 valence electrons. The Bertz CT molecular complexity index is 1100. The van der Waals surface area contributed by atoms with Crippen LogP contribution in [0.15, 0.2) is 30.3 Å². The van der Waals surface area contributed by atoms with Crippen LogP contribution in [0.3, 0.4) is 0 Å². The van der Waals surface area contributed by atoms with Gasteiger partial charge in [-0.2, -0.15) is 13.2 Å². The molecule has 0 aliphatic rings. The van der Waals surface area contributed by atoms with E-state index in [1.165, 1.54) is 0 Å². The number of anilines is 1. The molecule has 10 heteroatoms. The molecular formula is C21H24ClF3N2O3S. The van der Waals surface area contributed by atoms with E-state index in [1.807, 2.05) is 32.9 Å². The lowest BCUT2D eigenvalue weighted by Gasteiger charge is -2.25. The van der Waals surface area contributed by atoms with E-state index in [0.29, 0.717) is 10.4 Å². The van der Waals surface area contributed by atoms with Crippen LogP contribution in [0.25, 0.3) is 0 Å². The Morgan fingerprint density at radius 2 is 1.68 bits per heavy atom. The molecule has 0 heterocycles. The van der Waals surface area contributed by atoms with E-state index in [2.05, 4.69) is 5.32 Å². The maximum absolute atomic E-state index is 13.2. The minimum Gasteiger partial charge on any atom is -0.348 e. The maximum atomic E-state index is 13.2. The second-order valence-corrected chi connectivity index (χ2v) is 9.83. The summed E-state index contributed by atoms with van der Waals surface area (Å²) in [7, 11) is -4.05. The number of alkyl halides is 3. The van der Waals surface area contributed by atoms with Crippen molar-refractivity contribution in [1.82, 2.24) is 5.32 Å². The molecule has 1 N–H and O–H groups in total. The number of carbonyl (C=O) groups excluding carboxylic acids is 1. The molecule has 5 nitrogen and oxygen atoms in total. The molecule has 2 rings (SSSR count). The predicted octanol–water partition coefficient (Wildman–Crippen LogP) is 4.93. The van der Waals surface area contributed by atoms with Crippen LogP contribution in [-0.4, -0.2) is 27.1 Å². The molecule has 0 spiro atoms. The van der Waals surface area contributed by atoms with E-state index < -0.39 is 45.3 Å². The van der Waals surface area contributed by atoms with Gasteiger partial charge in [0.15, 0.2) is 0 Å². The lowest BCUT2D eigenvalue weighted by molar-refractivity contribution is -0.137. The Morgan fingerprint density at radius 1 is 1.10 bits per heavy atom. The van der Waals surface area contributed by atoms with Gasteiger partial charge in [-0.25, -0.2) is 8.42 Å². The van der Waals surface area contributed by atoms with Gasteiger partial charge < -0.3 is 5.32 Å². The summed E-state index contributed by atoms with van der Waals surface area (Å²) in [6.07, 6.45) is -3.95. The van der Waals surface area contributed by atoms with Crippen molar-refractivity contribution >= 4 is 33.2 Å². The number of hydrogen-bond acceptors (Lipinski definition) is 3. The SMILES string of the molecule is Cc1cc(C)c([C@@H](C)NC(=O)CN(c2ccc(Cl)c(C(F)(F)F)c2)S(C)(=O)=O)cc1C. The zero-order valence-electron chi connectivity index (χ0n) is 17.8. The van der Waals surface area contributed by atoms with Crippen LogP contribution >= 0.6 is 11.6 Å². The fourth-order valence-corrected chi connectivity index (χ4v) is 4.30. The molecule has 0 fully saturated rings. The lowest BCUT2D eigenvalue weighted by atomic mass is 9.96. The molecule has 0 aromatic heterocycles. The Hall–Kier alpha value is -2.26. The number of aryl methyl sites for hydroxylation is 3. The average molecular weight is 477 g/mol. The second kappa shape index (κ2) is 9.08. The normalized spacial score (nSPS) is 13.1. The molecule has 1 amide bonds. The summed E-state index contributed by atoms with van der Waals surface area (Å²) in [6.45, 7) is 6.90. The first kappa shape index (κ1) is 25.0. The first-order valence-electron chi connectivity index (χ1n) is 9.33. The molecule has 0 aliphatic heterocycles. The lowest BCUT2D eigenvalue weighted by Crippen LogP contribution is -2.41. The van der Waals surface area contributed by atoms with Crippen LogP contribution in [0.5, 0.6) is 0 Å². The molecule has 0 aliphatic carbocycles. The molecule has 0 radical (unpaired) electrons. The predicted molar refractivity (Wildman–Crippen MR) is 116 cm³/mol. The highest BCUT2D eigenvalue weighted by atomic mass is 35.5. The van der Waals surface area contributed by atoms with Gasteiger partial charge in [0.2, 0.25) is 15.9 Å². The summed E-state index contributed by atoms with van der Waals surface area (Å²) in [5, 5.41) is 2.16. The van der Waals surface area contributed by atoms with Crippen molar-refractivity contribution in [3.8, 4) is 0 Å². The van der Waals surface area contributed by atoms with Crippen LogP contribution in [0.4, 0.5) is 18.9 Å². The molecule has 2 aromatic carbocycles. The fourth-order valence-electron chi connectivity index (χ4n) is 3.23. The van der Waals surface area contributed by atoms with Crippen molar-refractivity contribution in [2.24, 2.45) is 0 Å². The van der Waals surface area contributed by atoms with Crippen molar-refractivity contribution in [3.05, 3.63) is 63.2 Å². The van der Waals surface area contributed by atoms with E-state index in [9.17, 15) is 26.4 Å². The molecule has 0 bridgehead atoms. The summed E-state index contributed by atoms with van der Waals surface area (Å²) in [4.78, 5) is 12.6. The molecule has 1 atom stereocenters. The van der Waals surface area contributed by atoms with Gasteiger partial charge in [0.05, 0.1) is 28.6 Å². The monoisotopic (exact) mass is 476 g/mol.